The number of aliphatic hydroxyl groups excluding tert-OH is 1. The van der Waals surface area contributed by atoms with Gasteiger partial charge in [0.2, 0.25) is 12.3 Å². The standard InChI is InChI=1S/C14H24NO.C9H11NO2.C3H8O.2V/c1-5-6-7-8-9-10-11-12-15(4)14(16)13(2)3;1-10(7-11)6-8-2-4-9(12)5-3-8;1-3(2)4;;/h13H,1,5-6,9-12H2,2-4H3;2-5,7,12H,6H2,1H3;3-4H,1-2H3;;/q-1;;;;. The van der Waals surface area contributed by atoms with Crippen molar-refractivity contribution in [2.45, 2.75) is 72.4 Å². The van der Waals surface area contributed by atoms with Crippen molar-refractivity contribution >= 4 is 12.3 Å². The first-order valence-electron chi connectivity index (χ1n) is 11.2. The number of carbonyl (C=O) groups excluding carboxylic acids is 2. The zero-order chi connectivity index (χ0) is 24.9. The maximum atomic E-state index is 11.5. The Kier molecular flexibility index (Phi) is 30.8. The fourth-order valence-corrected chi connectivity index (χ4v) is 2.31. The quantitative estimate of drug-likeness (QED) is 0.209. The van der Waals surface area contributed by atoms with Crippen LogP contribution in [0.2, 0.25) is 0 Å². The fraction of sp³-hybridized carbons (Fsp3) is 0.577. The van der Waals surface area contributed by atoms with Crippen molar-refractivity contribution in [3.8, 4) is 17.6 Å². The number of nitrogens with zero attached hydrogens (tertiary/aromatic N) is 2. The van der Waals surface area contributed by atoms with Crippen molar-refractivity contribution in [2.75, 3.05) is 20.6 Å². The van der Waals surface area contributed by atoms with Crippen LogP contribution in [0.15, 0.2) is 24.3 Å². The summed E-state index contributed by atoms with van der Waals surface area (Å²) in [5, 5.41) is 17.0. The molecule has 0 aliphatic rings. The number of hydrogen-bond acceptors (Lipinski definition) is 4. The van der Waals surface area contributed by atoms with E-state index >= 15 is 0 Å². The van der Waals surface area contributed by atoms with Crippen LogP contribution in [0.4, 0.5) is 0 Å². The van der Waals surface area contributed by atoms with Crippen molar-refractivity contribution in [2.24, 2.45) is 5.92 Å². The van der Waals surface area contributed by atoms with Crippen molar-refractivity contribution in [3.63, 3.8) is 0 Å². The topological polar surface area (TPSA) is 81.1 Å². The van der Waals surface area contributed by atoms with E-state index in [1.54, 1.807) is 45.2 Å². The third-order valence-corrected chi connectivity index (χ3v) is 3.89. The molecule has 6 nitrogen and oxygen atoms in total. The van der Waals surface area contributed by atoms with E-state index in [0.29, 0.717) is 6.54 Å². The first-order chi connectivity index (χ1) is 15.0. The molecule has 0 unspecified atom stereocenters. The molecule has 0 aliphatic carbocycles. The van der Waals surface area contributed by atoms with Crippen LogP contribution in [0.3, 0.4) is 0 Å². The minimum Gasteiger partial charge on any atom is -0.508 e. The molecule has 34 heavy (non-hydrogen) atoms. The number of rotatable bonds is 9. The van der Waals surface area contributed by atoms with Crippen LogP contribution >= 0.6 is 0 Å². The molecule has 1 aromatic rings. The monoisotopic (exact) mass is 549 g/mol. The van der Waals surface area contributed by atoms with Gasteiger partial charge >= 0.3 is 0 Å². The zero-order valence-electron chi connectivity index (χ0n) is 21.7. The molecule has 0 saturated heterocycles. The van der Waals surface area contributed by atoms with Crippen molar-refractivity contribution < 1.29 is 56.9 Å². The molecule has 0 aromatic heterocycles. The van der Waals surface area contributed by atoms with Crippen molar-refractivity contribution in [1.82, 2.24) is 9.80 Å². The molecule has 2 N–H and O–H groups in total. The fourth-order valence-electron chi connectivity index (χ4n) is 2.31. The average molecular weight is 550 g/mol. The minimum absolute atomic E-state index is 0. The zero-order valence-corrected chi connectivity index (χ0v) is 24.5. The van der Waals surface area contributed by atoms with Crippen LogP contribution in [-0.4, -0.2) is 59.1 Å². The number of phenols is 1. The summed E-state index contributed by atoms with van der Waals surface area (Å²) in [4.78, 5) is 25.1. The summed E-state index contributed by atoms with van der Waals surface area (Å²) < 4.78 is 0. The molecule has 0 bridgehead atoms. The molecule has 0 fully saturated rings. The summed E-state index contributed by atoms with van der Waals surface area (Å²) in [5.41, 5.74) is 1.00. The van der Waals surface area contributed by atoms with Crippen LogP contribution in [0.1, 0.15) is 65.4 Å². The summed E-state index contributed by atoms with van der Waals surface area (Å²) >= 11 is 0. The molecule has 2 radical (unpaired) electrons. The number of phenolic OH excluding ortho intramolecular Hbond substituents is 1. The normalized spacial score (nSPS) is 9.00. The Morgan fingerprint density at radius 3 is 1.97 bits per heavy atom. The maximum absolute atomic E-state index is 11.5. The first kappa shape index (κ1) is 39.8. The Labute approximate surface area is 231 Å². The largest absolute Gasteiger partial charge is 0.508 e. The molecule has 1 rings (SSSR count). The molecular weight excluding hydrogens is 506 g/mol. The van der Waals surface area contributed by atoms with Gasteiger partial charge < -0.3 is 26.9 Å². The number of benzene rings is 1. The van der Waals surface area contributed by atoms with Gasteiger partial charge in [-0.2, -0.15) is 6.42 Å². The Hall–Kier alpha value is -1.35. The van der Waals surface area contributed by atoms with Crippen LogP contribution in [0.5, 0.6) is 5.75 Å². The summed E-state index contributed by atoms with van der Waals surface area (Å²) in [5.74, 6) is 6.76. The summed E-state index contributed by atoms with van der Waals surface area (Å²) in [6.07, 6.45) is 5.43. The van der Waals surface area contributed by atoms with E-state index < -0.39 is 0 Å². The average Bonchev–Trinajstić information content (AvgIpc) is 2.74. The number of amides is 2. The number of aliphatic hydroxyl groups is 1. The molecule has 0 heterocycles. The van der Waals surface area contributed by atoms with Crippen LogP contribution < -0.4 is 0 Å². The Morgan fingerprint density at radius 2 is 1.53 bits per heavy atom. The van der Waals surface area contributed by atoms with Gasteiger partial charge in [0.1, 0.15) is 5.75 Å². The molecule has 1 aromatic carbocycles. The second-order valence-corrected chi connectivity index (χ2v) is 8.11. The molecule has 0 saturated carbocycles. The third-order valence-electron chi connectivity index (χ3n) is 3.89. The van der Waals surface area contributed by atoms with E-state index in [1.165, 1.54) is 4.90 Å². The smallest absolute Gasteiger partial charge is 0.224 e. The van der Waals surface area contributed by atoms with Gasteiger partial charge in [0.05, 0.1) is 0 Å². The molecule has 0 spiro atoms. The van der Waals surface area contributed by atoms with Gasteiger partial charge in [0.25, 0.3) is 0 Å². The second-order valence-electron chi connectivity index (χ2n) is 8.11. The molecule has 0 atom stereocenters. The maximum Gasteiger partial charge on any atom is 0.224 e. The number of carbonyl (C=O) groups is 2. The van der Waals surface area contributed by atoms with E-state index in [4.69, 9.17) is 10.2 Å². The SMILES string of the molecule is CC(C)O.CN(C=O)Cc1ccc(O)cc1.[CH2-]CCC#CCCCCN(C)C(=O)C(C)C.[V].[V]. The summed E-state index contributed by atoms with van der Waals surface area (Å²) in [7, 11) is 3.58. The Morgan fingerprint density at radius 1 is 1.03 bits per heavy atom. The van der Waals surface area contributed by atoms with Crippen LogP contribution in [-0.2, 0) is 53.2 Å². The van der Waals surface area contributed by atoms with Crippen molar-refractivity contribution in [3.05, 3.63) is 36.8 Å². The van der Waals surface area contributed by atoms with Gasteiger partial charge in [-0.05, 0) is 50.8 Å². The summed E-state index contributed by atoms with van der Waals surface area (Å²) in [6.45, 7) is 12.5. The number of aromatic hydroxyl groups is 1. The van der Waals surface area contributed by atoms with Crippen LogP contribution in [0, 0.1) is 24.7 Å². The Bertz CT molecular complexity index is 669. The van der Waals surface area contributed by atoms with E-state index in [0.717, 1.165) is 50.6 Å². The predicted octanol–water partition coefficient (Wildman–Crippen LogP) is 4.25. The van der Waals surface area contributed by atoms with Gasteiger partial charge in [-0.3, -0.25) is 9.59 Å². The molecular formula is C26H43N2O4V2-. The predicted molar refractivity (Wildman–Crippen MR) is 132 cm³/mol. The molecule has 8 heteroatoms. The van der Waals surface area contributed by atoms with Gasteiger partial charge in [0.15, 0.2) is 0 Å². The first-order valence-corrected chi connectivity index (χ1v) is 11.2. The number of unbranched alkanes of at least 4 members (excludes halogenated alkanes) is 3. The van der Waals surface area contributed by atoms with Gasteiger partial charge in [0, 0.05) is 82.7 Å². The summed E-state index contributed by atoms with van der Waals surface area (Å²) in [6, 6.07) is 6.78. The van der Waals surface area contributed by atoms with Gasteiger partial charge in [-0.1, -0.05) is 26.0 Å². The number of hydrogen-bond donors (Lipinski definition) is 2. The second kappa shape index (κ2) is 26.3. The van der Waals surface area contributed by atoms with E-state index in [2.05, 4.69) is 18.8 Å². The third kappa shape index (κ3) is 26.9. The van der Waals surface area contributed by atoms with E-state index in [1.807, 2.05) is 25.8 Å². The van der Waals surface area contributed by atoms with Crippen molar-refractivity contribution in [1.29, 1.82) is 0 Å². The molecule has 0 aliphatic heterocycles. The van der Waals surface area contributed by atoms with E-state index in [9.17, 15) is 9.59 Å². The molecule has 2 amide bonds. The van der Waals surface area contributed by atoms with Gasteiger partial charge in [-0.25, -0.2) is 0 Å². The molecule has 192 valence electrons. The van der Waals surface area contributed by atoms with Crippen LogP contribution in [0.25, 0.3) is 0 Å². The Balaban J connectivity index is -0.000000222. The van der Waals surface area contributed by atoms with E-state index in [-0.39, 0.29) is 60.8 Å². The van der Waals surface area contributed by atoms with Gasteiger partial charge in [-0.15, -0.1) is 11.8 Å². The minimum atomic E-state index is -0.167.